The topological polar surface area (TPSA) is 97.0 Å². The monoisotopic (exact) mass is 269 g/mol. The number of phenols is 2. The van der Waals surface area contributed by atoms with E-state index in [1.54, 1.807) is 30.1 Å². The lowest BCUT2D eigenvalue weighted by Crippen LogP contribution is -2.00. The van der Waals surface area contributed by atoms with Gasteiger partial charge in [-0.15, -0.1) is 0 Å². The Kier molecular flexibility index (Phi) is 2.79. The summed E-state index contributed by atoms with van der Waals surface area (Å²) >= 11 is 0. The molecule has 20 heavy (non-hydrogen) atoms. The highest BCUT2D eigenvalue weighted by molar-refractivity contribution is 5.66. The minimum atomic E-state index is -0.0906. The van der Waals surface area contributed by atoms with E-state index in [0.29, 0.717) is 17.2 Å². The summed E-state index contributed by atoms with van der Waals surface area (Å²) in [4.78, 5) is 12.5. The van der Waals surface area contributed by atoms with E-state index >= 15 is 0 Å². The molecule has 0 radical (unpaired) electrons. The number of nitrogens with zero attached hydrogens (tertiary/aromatic N) is 5. The molecule has 0 amide bonds. The van der Waals surface area contributed by atoms with Gasteiger partial charge in [-0.3, -0.25) is 4.68 Å². The fraction of sp³-hybridized carbons (Fsp3) is 0.0769. The van der Waals surface area contributed by atoms with E-state index in [-0.39, 0.29) is 11.5 Å². The first-order chi connectivity index (χ1) is 9.65. The Morgan fingerprint density at radius 3 is 2.55 bits per heavy atom. The van der Waals surface area contributed by atoms with Crippen molar-refractivity contribution in [3.05, 3.63) is 36.8 Å². The van der Waals surface area contributed by atoms with Crippen LogP contribution in [0.5, 0.6) is 11.5 Å². The number of rotatable bonds is 2. The van der Waals surface area contributed by atoms with Crippen molar-refractivity contribution in [1.82, 2.24) is 24.7 Å². The molecule has 0 fully saturated rings. The smallest absolute Gasteiger partial charge is 0.181 e. The Morgan fingerprint density at radius 1 is 1.05 bits per heavy atom. The van der Waals surface area contributed by atoms with E-state index in [4.69, 9.17) is 0 Å². The van der Waals surface area contributed by atoms with Crippen molar-refractivity contribution in [2.24, 2.45) is 7.05 Å². The van der Waals surface area contributed by atoms with Gasteiger partial charge in [0.2, 0.25) is 0 Å². The molecule has 0 aliphatic carbocycles. The number of hydrogen-bond acceptors (Lipinski definition) is 6. The second-order valence-corrected chi connectivity index (χ2v) is 4.17. The van der Waals surface area contributed by atoms with Crippen molar-refractivity contribution in [2.75, 3.05) is 0 Å². The van der Waals surface area contributed by atoms with Crippen molar-refractivity contribution in [2.45, 2.75) is 0 Å². The number of benzene rings is 1. The molecule has 7 heteroatoms. The summed E-state index contributed by atoms with van der Waals surface area (Å²) in [7, 11) is 1.79. The van der Waals surface area contributed by atoms with Crippen LogP contribution in [0.15, 0.2) is 36.8 Å². The van der Waals surface area contributed by atoms with Gasteiger partial charge in [0, 0.05) is 19.3 Å². The Labute approximate surface area is 114 Å². The lowest BCUT2D eigenvalue weighted by molar-refractivity contribution is 0.451. The molecule has 100 valence electrons. The van der Waals surface area contributed by atoms with Crippen LogP contribution in [0.25, 0.3) is 22.9 Å². The van der Waals surface area contributed by atoms with Crippen LogP contribution >= 0.6 is 0 Å². The molecule has 0 aliphatic rings. The largest absolute Gasteiger partial charge is 0.508 e. The average Bonchev–Trinajstić information content (AvgIpc) is 2.85. The zero-order valence-electron chi connectivity index (χ0n) is 10.6. The third kappa shape index (κ3) is 2.05. The van der Waals surface area contributed by atoms with Gasteiger partial charge in [0.15, 0.2) is 11.6 Å². The predicted molar refractivity (Wildman–Crippen MR) is 70.8 cm³/mol. The molecular formula is C13H11N5O2. The van der Waals surface area contributed by atoms with Gasteiger partial charge in [0.25, 0.3) is 0 Å². The van der Waals surface area contributed by atoms with Crippen molar-refractivity contribution >= 4 is 0 Å². The van der Waals surface area contributed by atoms with E-state index in [0.717, 1.165) is 5.69 Å². The summed E-state index contributed by atoms with van der Waals surface area (Å²) in [5.41, 5.74) is 1.17. The maximum absolute atomic E-state index is 9.84. The molecule has 1 aromatic carbocycles. The summed E-state index contributed by atoms with van der Waals surface area (Å²) in [6, 6.07) is 6.04. The van der Waals surface area contributed by atoms with E-state index in [9.17, 15) is 10.2 Å². The molecule has 2 aromatic heterocycles. The number of aromatic nitrogens is 5. The van der Waals surface area contributed by atoms with Crippen LogP contribution < -0.4 is 0 Å². The Morgan fingerprint density at radius 2 is 1.85 bits per heavy atom. The number of aromatic hydroxyl groups is 2. The second-order valence-electron chi connectivity index (χ2n) is 4.17. The Balaban J connectivity index is 2.10. The predicted octanol–water partition coefficient (Wildman–Crippen LogP) is 1.35. The number of phenolic OH excluding ortho intramolecular Hbond substituents is 2. The van der Waals surface area contributed by atoms with Gasteiger partial charge in [-0.2, -0.15) is 5.10 Å². The second kappa shape index (κ2) is 4.61. The number of aryl methyl sites for hydroxylation is 1. The quantitative estimate of drug-likeness (QED) is 0.729. The van der Waals surface area contributed by atoms with Gasteiger partial charge in [-0.25, -0.2) is 15.0 Å². The molecule has 0 aliphatic heterocycles. The third-order valence-electron chi connectivity index (χ3n) is 2.84. The first kappa shape index (κ1) is 12.1. The van der Waals surface area contributed by atoms with Gasteiger partial charge in [0.1, 0.15) is 23.5 Å². The minimum Gasteiger partial charge on any atom is -0.508 e. The van der Waals surface area contributed by atoms with Gasteiger partial charge < -0.3 is 10.2 Å². The Bertz CT molecular complexity index is 769. The molecule has 0 bridgehead atoms. The van der Waals surface area contributed by atoms with E-state index < -0.39 is 0 Å². The van der Waals surface area contributed by atoms with Crippen LogP contribution in [0.2, 0.25) is 0 Å². The third-order valence-corrected chi connectivity index (χ3v) is 2.84. The molecule has 3 rings (SSSR count). The highest BCUT2D eigenvalue weighted by Gasteiger charge is 2.12. The van der Waals surface area contributed by atoms with Crippen molar-refractivity contribution in [3.8, 4) is 34.4 Å². The molecule has 3 aromatic rings. The van der Waals surface area contributed by atoms with Crippen LogP contribution in [0.4, 0.5) is 0 Å². The Hall–Kier alpha value is -2.96. The van der Waals surface area contributed by atoms with E-state index in [1.165, 1.54) is 18.5 Å². The first-order valence-corrected chi connectivity index (χ1v) is 5.85. The maximum Gasteiger partial charge on any atom is 0.181 e. The molecule has 0 unspecified atom stereocenters. The van der Waals surface area contributed by atoms with Crippen molar-refractivity contribution < 1.29 is 10.2 Å². The standard InChI is InChI=1S/C13H11N5O2/c1-18-10(4-5-16-18)13-15-7-14-12(17-13)9-3-2-8(19)6-11(9)20/h2-7,19-20H,1H3. The minimum absolute atomic E-state index is 0.0211. The SMILES string of the molecule is Cn1nccc1-c1ncnc(-c2ccc(O)cc2O)n1. The van der Waals surface area contributed by atoms with Crippen LogP contribution in [0, 0.1) is 0 Å². The summed E-state index contributed by atoms with van der Waals surface area (Å²) in [6.45, 7) is 0. The summed E-state index contributed by atoms with van der Waals surface area (Å²) in [6.07, 6.45) is 3.02. The molecule has 7 nitrogen and oxygen atoms in total. The van der Waals surface area contributed by atoms with Gasteiger partial charge in [-0.1, -0.05) is 0 Å². The fourth-order valence-electron chi connectivity index (χ4n) is 1.85. The molecule has 2 N–H and O–H groups in total. The van der Waals surface area contributed by atoms with Gasteiger partial charge >= 0.3 is 0 Å². The summed E-state index contributed by atoms with van der Waals surface area (Å²) in [5.74, 6) is 0.676. The maximum atomic E-state index is 9.84. The average molecular weight is 269 g/mol. The lowest BCUT2D eigenvalue weighted by Gasteiger charge is -2.05. The number of hydrogen-bond donors (Lipinski definition) is 2. The molecule has 0 atom stereocenters. The van der Waals surface area contributed by atoms with Crippen LogP contribution in [-0.4, -0.2) is 34.9 Å². The molecular weight excluding hydrogens is 258 g/mol. The zero-order chi connectivity index (χ0) is 14.1. The lowest BCUT2D eigenvalue weighted by atomic mass is 10.2. The highest BCUT2D eigenvalue weighted by Crippen LogP contribution is 2.30. The normalized spacial score (nSPS) is 10.7. The summed E-state index contributed by atoms with van der Waals surface area (Å²) < 4.78 is 1.65. The van der Waals surface area contributed by atoms with E-state index in [2.05, 4.69) is 20.1 Å². The van der Waals surface area contributed by atoms with Crippen LogP contribution in [-0.2, 0) is 7.05 Å². The zero-order valence-corrected chi connectivity index (χ0v) is 10.6. The van der Waals surface area contributed by atoms with E-state index in [1.807, 2.05) is 0 Å². The molecule has 0 saturated heterocycles. The molecule has 2 heterocycles. The van der Waals surface area contributed by atoms with Crippen molar-refractivity contribution in [3.63, 3.8) is 0 Å². The molecule has 0 spiro atoms. The van der Waals surface area contributed by atoms with Crippen LogP contribution in [0.3, 0.4) is 0 Å². The first-order valence-electron chi connectivity index (χ1n) is 5.85. The van der Waals surface area contributed by atoms with Gasteiger partial charge in [0.05, 0.1) is 5.56 Å². The highest BCUT2D eigenvalue weighted by atomic mass is 16.3. The summed E-state index contributed by atoms with van der Waals surface area (Å²) in [5, 5.41) is 23.2. The van der Waals surface area contributed by atoms with Gasteiger partial charge in [-0.05, 0) is 18.2 Å². The van der Waals surface area contributed by atoms with Crippen LogP contribution in [0.1, 0.15) is 0 Å². The van der Waals surface area contributed by atoms with Crippen molar-refractivity contribution in [1.29, 1.82) is 0 Å². The fourth-order valence-corrected chi connectivity index (χ4v) is 1.85. The molecule has 0 saturated carbocycles.